The first kappa shape index (κ1) is 8.49. The Labute approximate surface area is 65.2 Å². The van der Waals surface area contributed by atoms with Crippen LogP contribution >= 0.6 is 0 Å². The molecule has 0 aromatic carbocycles. The van der Waals surface area contributed by atoms with Crippen LogP contribution in [-0.4, -0.2) is 35.4 Å². The van der Waals surface area contributed by atoms with Crippen LogP contribution in [0.4, 0.5) is 0 Å². The molecule has 0 amide bonds. The van der Waals surface area contributed by atoms with Gasteiger partial charge in [0.2, 0.25) is 0 Å². The predicted octanol–water partition coefficient (Wildman–Crippen LogP) is -0.568. The summed E-state index contributed by atoms with van der Waals surface area (Å²) >= 11 is 0. The Hall–Kier alpha value is -0.610. The highest BCUT2D eigenvalue weighted by Gasteiger charge is 2.26. The fraction of sp³-hybridized carbons (Fsp3) is 0.857. The maximum Gasteiger partial charge on any atom is 0.332 e. The average Bonchev–Trinajstić information content (AvgIpc) is 2.05. The number of piperidine rings is 1. The van der Waals surface area contributed by atoms with E-state index in [1.807, 2.05) is 0 Å². The third-order valence-corrected chi connectivity index (χ3v) is 2.03. The van der Waals surface area contributed by atoms with Crippen molar-refractivity contribution in [2.24, 2.45) is 5.92 Å². The number of aliphatic hydroxyl groups excluding tert-OH is 1. The number of nitrogens with one attached hydrogen (secondary N) is 1. The zero-order chi connectivity index (χ0) is 8.27. The molecule has 2 atom stereocenters. The van der Waals surface area contributed by atoms with Crippen LogP contribution in [0.15, 0.2) is 0 Å². The molecular weight excluding hydrogens is 146 g/mol. The second kappa shape index (κ2) is 3.69. The smallest absolute Gasteiger partial charge is 0.332 e. The van der Waals surface area contributed by atoms with Crippen LogP contribution in [0.5, 0.6) is 0 Å². The third kappa shape index (κ3) is 2.17. The molecule has 0 saturated carbocycles. The molecule has 4 heteroatoms. The van der Waals surface area contributed by atoms with Gasteiger partial charge in [0, 0.05) is 12.5 Å². The highest BCUT2D eigenvalue weighted by molar-refractivity contribution is 5.72. The third-order valence-electron chi connectivity index (χ3n) is 2.03. The fourth-order valence-corrected chi connectivity index (χ4v) is 1.35. The number of hydrogen-bond donors (Lipinski definition) is 3. The number of rotatable bonds is 2. The second-order valence-corrected chi connectivity index (χ2v) is 2.89. The van der Waals surface area contributed by atoms with Gasteiger partial charge in [-0.25, -0.2) is 4.79 Å². The summed E-state index contributed by atoms with van der Waals surface area (Å²) in [6.45, 7) is 1.55. The topological polar surface area (TPSA) is 69.6 Å². The number of aliphatic carboxylic acids is 1. The van der Waals surface area contributed by atoms with Crippen LogP contribution in [0.2, 0.25) is 0 Å². The van der Waals surface area contributed by atoms with Crippen LogP contribution < -0.4 is 5.32 Å². The Bertz CT molecular complexity index is 143. The van der Waals surface area contributed by atoms with E-state index in [1.54, 1.807) is 0 Å². The van der Waals surface area contributed by atoms with Gasteiger partial charge in [0.25, 0.3) is 0 Å². The minimum Gasteiger partial charge on any atom is -0.479 e. The number of carboxylic acids is 1. The zero-order valence-electron chi connectivity index (χ0n) is 6.29. The van der Waals surface area contributed by atoms with E-state index in [-0.39, 0.29) is 5.92 Å². The monoisotopic (exact) mass is 159 g/mol. The van der Waals surface area contributed by atoms with Crippen molar-refractivity contribution in [2.75, 3.05) is 13.1 Å². The molecule has 1 aliphatic rings. The lowest BCUT2D eigenvalue weighted by Crippen LogP contribution is -2.40. The van der Waals surface area contributed by atoms with E-state index in [0.717, 1.165) is 19.4 Å². The minimum absolute atomic E-state index is 0.110. The molecule has 1 saturated heterocycles. The van der Waals surface area contributed by atoms with Crippen molar-refractivity contribution in [3.8, 4) is 0 Å². The normalized spacial score (nSPS) is 27.9. The molecule has 0 spiro atoms. The maximum absolute atomic E-state index is 10.3. The quantitative estimate of drug-likeness (QED) is 0.504. The number of carbonyl (C=O) groups is 1. The Morgan fingerprint density at radius 3 is 2.82 bits per heavy atom. The summed E-state index contributed by atoms with van der Waals surface area (Å²) in [5.74, 6) is -1.22. The molecule has 3 N–H and O–H groups in total. The summed E-state index contributed by atoms with van der Waals surface area (Å²) in [6.07, 6.45) is 0.568. The first-order valence-electron chi connectivity index (χ1n) is 3.83. The highest BCUT2D eigenvalue weighted by Crippen LogP contribution is 2.14. The van der Waals surface area contributed by atoms with Crippen molar-refractivity contribution in [3.05, 3.63) is 0 Å². The minimum atomic E-state index is -1.19. The van der Waals surface area contributed by atoms with E-state index in [0.29, 0.717) is 6.54 Å². The van der Waals surface area contributed by atoms with Gasteiger partial charge in [-0.2, -0.15) is 0 Å². The molecule has 0 bridgehead atoms. The standard InChI is InChI=1S/C7H13NO3/c9-6(7(10)11)5-2-1-3-8-4-5/h5-6,8-9H,1-4H2,(H,10,11)/t5-,6-/m1/s1. The molecule has 1 rings (SSSR count). The predicted molar refractivity (Wildman–Crippen MR) is 39.2 cm³/mol. The Morgan fingerprint density at radius 2 is 2.36 bits per heavy atom. The lowest BCUT2D eigenvalue weighted by molar-refractivity contribution is -0.150. The van der Waals surface area contributed by atoms with E-state index in [9.17, 15) is 4.79 Å². The first-order valence-corrected chi connectivity index (χ1v) is 3.83. The summed E-state index contributed by atoms with van der Waals surface area (Å²) in [7, 11) is 0. The van der Waals surface area contributed by atoms with Gasteiger partial charge in [0.1, 0.15) is 0 Å². The summed E-state index contributed by atoms with van der Waals surface area (Å²) in [5.41, 5.74) is 0. The van der Waals surface area contributed by atoms with Crippen LogP contribution in [0.3, 0.4) is 0 Å². The van der Waals surface area contributed by atoms with Gasteiger partial charge in [-0.3, -0.25) is 0 Å². The van der Waals surface area contributed by atoms with E-state index >= 15 is 0 Å². The molecule has 1 fully saturated rings. The van der Waals surface area contributed by atoms with E-state index in [1.165, 1.54) is 0 Å². The van der Waals surface area contributed by atoms with Crippen LogP contribution in [-0.2, 0) is 4.79 Å². The van der Waals surface area contributed by atoms with Crippen LogP contribution in [0, 0.1) is 5.92 Å². The molecule has 1 heterocycles. The van der Waals surface area contributed by atoms with Crippen molar-refractivity contribution < 1.29 is 15.0 Å². The maximum atomic E-state index is 10.3. The summed E-state index contributed by atoms with van der Waals surface area (Å²) in [6, 6.07) is 0. The van der Waals surface area contributed by atoms with E-state index in [2.05, 4.69) is 5.32 Å². The lowest BCUT2D eigenvalue weighted by Gasteiger charge is -2.24. The Balaban J connectivity index is 2.38. The van der Waals surface area contributed by atoms with Gasteiger partial charge in [-0.05, 0) is 19.4 Å². The number of hydrogen-bond acceptors (Lipinski definition) is 3. The molecule has 0 radical (unpaired) electrons. The van der Waals surface area contributed by atoms with E-state index < -0.39 is 12.1 Å². The molecule has 0 aromatic heterocycles. The van der Waals surface area contributed by atoms with E-state index in [4.69, 9.17) is 10.2 Å². The fourth-order valence-electron chi connectivity index (χ4n) is 1.35. The summed E-state index contributed by atoms with van der Waals surface area (Å²) in [4.78, 5) is 10.3. The zero-order valence-corrected chi connectivity index (χ0v) is 6.29. The van der Waals surface area contributed by atoms with Crippen LogP contribution in [0.25, 0.3) is 0 Å². The largest absolute Gasteiger partial charge is 0.479 e. The SMILES string of the molecule is O=C(O)[C@H](O)[C@@H]1CCCNC1. The summed E-state index contributed by atoms with van der Waals surface area (Å²) < 4.78 is 0. The molecular formula is C7H13NO3. The van der Waals surface area contributed by atoms with Gasteiger partial charge in [-0.1, -0.05) is 0 Å². The molecule has 1 aliphatic heterocycles. The second-order valence-electron chi connectivity index (χ2n) is 2.89. The first-order chi connectivity index (χ1) is 5.22. The van der Waals surface area contributed by atoms with Crippen molar-refractivity contribution in [2.45, 2.75) is 18.9 Å². The molecule has 0 aliphatic carbocycles. The van der Waals surface area contributed by atoms with Gasteiger partial charge in [0.15, 0.2) is 6.10 Å². The van der Waals surface area contributed by atoms with Gasteiger partial charge in [0.05, 0.1) is 0 Å². The van der Waals surface area contributed by atoms with Crippen molar-refractivity contribution in [3.63, 3.8) is 0 Å². The summed E-state index contributed by atoms with van der Waals surface area (Å²) in [5, 5.41) is 20.6. The Kier molecular flexibility index (Phi) is 2.84. The average molecular weight is 159 g/mol. The lowest BCUT2D eigenvalue weighted by atomic mass is 9.94. The molecule has 0 unspecified atom stereocenters. The van der Waals surface area contributed by atoms with Crippen molar-refractivity contribution >= 4 is 5.97 Å². The number of aliphatic hydroxyl groups is 1. The number of carboxylic acid groups (broad SMARTS) is 1. The van der Waals surface area contributed by atoms with Crippen molar-refractivity contribution in [1.82, 2.24) is 5.32 Å². The van der Waals surface area contributed by atoms with Gasteiger partial charge in [-0.15, -0.1) is 0 Å². The Morgan fingerprint density at radius 1 is 1.64 bits per heavy atom. The highest BCUT2D eigenvalue weighted by atomic mass is 16.4. The molecule has 4 nitrogen and oxygen atoms in total. The molecule has 64 valence electrons. The van der Waals surface area contributed by atoms with Gasteiger partial charge >= 0.3 is 5.97 Å². The van der Waals surface area contributed by atoms with Gasteiger partial charge < -0.3 is 15.5 Å². The molecule has 0 aromatic rings. The van der Waals surface area contributed by atoms with Crippen LogP contribution in [0.1, 0.15) is 12.8 Å². The van der Waals surface area contributed by atoms with Crippen molar-refractivity contribution in [1.29, 1.82) is 0 Å². The molecule has 11 heavy (non-hydrogen) atoms.